The minimum absolute atomic E-state index is 0.0935. The molecule has 0 radical (unpaired) electrons. The summed E-state index contributed by atoms with van der Waals surface area (Å²) >= 11 is 0. The van der Waals surface area contributed by atoms with E-state index >= 15 is 0 Å². The first kappa shape index (κ1) is 20.1. The molecule has 3 heterocycles. The van der Waals surface area contributed by atoms with Gasteiger partial charge in [0.1, 0.15) is 0 Å². The average Bonchev–Trinajstić information content (AvgIpc) is 3.45. The number of aromatic nitrogens is 3. The molecule has 0 N–H and O–H groups in total. The quantitative estimate of drug-likeness (QED) is 0.490. The number of carbonyl (C=O) groups excluding carboxylic acids is 1. The van der Waals surface area contributed by atoms with Crippen LogP contribution in [0.25, 0.3) is 17.0 Å². The summed E-state index contributed by atoms with van der Waals surface area (Å²) in [4.78, 5) is 17.1. The summed E-state index contributed by atoms with van der Waals surface area (Å²) in [6.07, 6.45) is 0. The van der Waals surface area contributed by atoms with E-state index in [0.717, 1.165) is 41.4 Å². The van der Waals surface area contributed by atoms with E-state index < -0.39 is 0 Å². The Morgan fingerprint density at radius 3 is 2.25 bits per heavy atom. The van der Waals surface area contributed by atoms with Gasteiger partial charge in [-0.3, -0.25) is 4.79 Å². The normalized spacial score (nSPS) is 14.1. The van der Waals surface area contributed by atoms with Crippen LogP contribution in [0.15, 0.2) is 71.3 Å². The van der Waals surface area contributed by atoms with Crippen molar-refractivity contribution in [2.45, 2.75) is 13.8 Å². The van der Waals surface area contributed by atoms with Crippen LogP contribution < -0.4 is 4.90 Å². The lowest BCUT2D eigenvalue weighted by atomic mass is 10.1. The van der Waals surface area contributed by atoms with Crippen molar-refractivity contribution >= 4 is 11.6 Å². The zero-order valence-electron chi connectivity index (χ0n) is 18.2. The first-order chi connectivity index (χ1) is 15.6. The van der Waals surface area contributed by atoms with E-state index in [0.29, 0.717) is 24.5 Å². The van der Waals surface area contributed by atoms with Crippen LogP contribution in [0.2, 0.25) is 0 Å². The predicted octanol–water partition coefficient (Wildman–Crippen LogP) is 4.11. The van der Waals surface area contributed by atoms with Crippen LogP contribution in [0.4, 0.5) is 5.69 Å². The van der Waals surface area contributed by atoms with Crippen molar-refractivity contribution in [3.05, 3.63) is 83.8 Å². The van der Waals surface area contributed by atoms with Crippen LogP contribution in [0.3, 0.4) is 0 Å². The third-order valence-electron chi connectivity index (χ3n) is 5.92. The molecule has 32 heavy (non-hydrogen) atoms. The second kappa shape index (κ2) is 8.34. The number of aryl methyl sites for hydroxylation is 1. The van der Waals surface area contributed by atoms with E-state index in [9.17, 15) is 4.79 Å². The fraction of sp³-hybridized carbons (Fsp3) is 0.240. The molecule has 0 saturated carbocycles. The molecule has 7 heteroatoms. The molecular weight excluding hydrogens is 402 g/mol. The molecule has 1 amide bonds. The summed E-state index contributed by atoms with van der Waals surface area (Å²) in [5.74, 6) is 0.510. The highest BCUT2D eigenvalue weighted by molar-refractivity contribution is 5.93. The molecule has 162 valence electrons. The van der Waals surface area contributed by atoms with Crippen LogP contribution in [0.1, 0.15) is 21.9 Å². The molecule has 1 aliphatic rings. The molecule has 0 aliphatic carbocycles. The molecule has 0 atom stereocenters. The van der Waals surface area contributed by atoms with Gasteiger partial charge in [0.25, 0.3) is 5.91 Å². The van der Waals surface area contributed by atoms with Crippen LogP contribution in [-0.2, 0) is 0 Å². The molecule has 2 aromatic carbocycles. The van der Waals surface area contributed by atoms with Gasteiger partial charge < -0.3 is 14.3 Å². The molecule has 0 bridgehead atoms. The molecule has 5 rings (SSSR count). The highest BCUT2D eigenvalue weighted by atomic mass is 16.5. The maximum absolute atomic E-state index is 13.0. The van der Waals surface area contributed by atoms with E-state index in [1.807, 2.05) is 65.0 Å². The lowest BCUT2D eigenvalue weighted by molar-refractivity contribution is 0.0736. The summed E-state index contributed by atoms with van der Waals surface area (Å²) in [5.41, 5.74) is 5.56. The Kier molecular flexibility index (Phi) is 5.23. The van der Waals surface area contributed by atoms with Gasteiger partial charge >= 0.3 is 0 Å². The van der Waals surface area contributed by atoms with E-state index in [-0.39, 0.29) is 5.91 Å². The Bertz CT molecular complexity index is 1220. The van der Waals surface area contributed by atoms with Crippen LogP contribution in [0, 0.1) is 13.8 Å². The maximum atomic E-state index is 13.0. The molecule has 1 saturated heterocycles. The summed E-state index contributed by atoms with van der Waals surface area (Å²) in [7, 11) is 0. The lowest BCUT2D eigenvalue weighted by Gasteiger charge is -2.35. The van der Waals surface area contributed by atoms with Crippen molar-refractivity contribution in [2.24, 2.45) is 0 Å². The number of rotatable bonds is 4. The second-order valence-electron chi connectivity index (χ2n) is 7.99. The van der Waals surface area contributed by atoms with E-state index in [2.05, 4.69) is 29.1 Å². The fourth-order valence-electron chi connectivity index (χ4n) is 4.32. The topological polar surface area (TPSA) is 67.4 Å². The minimum atomic E-state index is -0.0935. The number of carbonyl (C=O) groups is 1. The van der Waals surface area contributed by atoms with Gasteiger partial charge in [-0.05, 0) is 26.0 Å². The number of benzene rings is 2. The first-order valence-corrected chi connectivity index (χ1v) is 10.8. The highest BCUT2D eigenvalue weighted by Crippen LogP contribution is 2.28. The number of nitrogens with zero attached hydrogens (tertiary/aromatic N) is 5. The van der Waals surface area contributed by atoms with Crippen LogP contribution in [-0.4, -0.2) is 51.9 Å². The zero-order valence-corrected chi connectivity index (χ0v) is 18.2. The van der Waals surface area contributed by atoms with Gasteiger partial charge in [0, 0.05) is 37.8 Å². The Morgan fingerprint density at radius 1 is 0.906 bits per heavy atom. The fourth-order valence-corrected chi connectivity index (χ4v) is 4.32. The summed E-state index contributed by atoms with van der Waals surface area (Å²) in [5, 5.41) is 8.78. The van der Waals surface area contributed by atoms with Crippen molar-refractivity contribution in [2.75, 3.05) is 31.1 Å². The Balaban J connectivity index is 1.28. The SMILES string of the molecule is Cc1nn(-c2ccccc2)c(C)c1N1CCN(C(=O)c2cc(-c3ccccc3)on2)CC1. The second-order valence-corrected chi connectivity index (χ2v) is 7.99. The van der Waals surface area contributed by atoms with Gasteiger partial charge in [0.2, 0.25) is 0 Å². The van der Waals surface area contributed by atoms with E-state index in [4.69, 9.17) is 9.62 Å². The molecular formula is C25H25N5O2. The Morgan fingerprint density at radius 2 is 1.56 bits per heavy atom. The smallest absolute Gasteiger partial charge is 0.276 e. The summed E-state index contributed by atoms with van der Waals surface area (Å²) in [6, 6.07) is 21.6. The standard InChI is InChI=1S/C25H25N5O2/c1-18-24(19(2)30(26-18)21-11-7-4-8-12-21)28-13-15-29(16-14-28)25(31)22-17-23(32-27-22)20-9-5-3-6-10-20/h3-12,17H,13-16H2,1-2H3. The summed E-state index contributed by atoms with van der Waals surface area (Å²) in [6.45, 7) is 6.89. The Hall–Kier alpha value is -3.87. The van der Waals surface area contributed by atoms with E-state index in [1.54, 1.807) is 6.07 Å². The molecule has 1 aliphatic heterocycles. The van der Waals surface area contributed by atoms with Crippen LogP contribution in [0.5, 0.6) is 0 Å². The molecule has 0 unspecified atom stereocenters. The molecule has 0 spiro atoms. The zero-order chi connectivity index (χ0) is 22.1. The van der Waals surface area contributed by atoms with Crippen molar-refractivity contribution in [3.63, 3.8) is 0 Å². The third-order valence-corrected chi connectivity index (χ3v) is 5.92. The lowest BCUT2D eigenvalue weighted by Crippen LogP contribution is -2.49. The van der Waals surface area contributed by atoms with Gasteiger partial charge in [0.15, 0.2) is 11.5 Å². The number of amides is 1. The summed E-state index contributed by atoms with van der Waals surface area (Å²) < 4.78 is 7.40. The highest BCUT2D eigenvalue weighted by Gasteiger charge is 2.27. The molecule has 1 fully saturated rings. The minimum Gasteiger partial charge on any atom is -0.365 e. The van der Waals surface area contributed by atoms with Gasteiger partial charge in [-0.2, -0.15) is 5.10 Å². The number of para-hydroxylation sites is 1. The first-order valence-electron chi connectivity index (χ1n) is 10.8. The van der Waals surface area contributed by atoms with Gasteiger partial charge in [0.05, 0.1) is 22.8 Å². The van der Waals surface area contributed by atoms with Crippen molar-refractivity contribution in [3.8, 4) is 17.0 Å². The predicted molar refractivity (Wildman–Crippen MR) is 123 cm³/mol. The van der Waals surface area contributed by atoms with Crippen molar-refractivity contribution in [1.82, 2.24) is 19.8 Å². The number of hydrogen-bond donors (Lipinski definition) is 0. The monoisotopic (exact) mass is 427 g/mol. The number of anilines is 1. The number of piperazine rings is 1. The Labute approximate surface area is 186 Å². The average molecular weight is 428 g/mol. The van der Waals surface area contributed by atoms with E-state index in [1.165, 1.54) is 0 Å². The number of hydrogen-bond acceptors (Lipinski definition) is 5. The van der Waals surface area contributed by atoms with Gasteiger partial charge in [-0.1, -0.05) is 53.7 Å². The van der Waals surface area contributed by atoms with Crippen molar-refractivity contribution in [1.29, 1.82) is 0 Å². The maximum Gasteiger partial charge on any atom is 0.276 e. The molecule has 7 nitrogen and oxygen atoms in total. The van der Waals surface area contributed by atoms with Gasteiger partial charge in [-0.15, -0.1) is 0 Å². The molecule has 2 aromatic heterocycles. The van der Waals surface area contributed by atoms with Gasteiger partial charge in [-0.25, -0.2) is 4.68 Å². The van der Waals surface area contributed by atoms with Crippen molar-refractivity contribution < 1.29 is 9.32 Å². The largest absolute Gasteiger partial charge is 0.365 e. The van der Waals surface area contributed by atoms with Crippen LogP contribution >= 0.6 is 0 Å². The third kappa shape index (κ3) is 3.66. The molecule has 4 aromatic rings.